The van der Waals surface area contributed by atoms with Crippen LogP contribution >= 0.6 is 23.2 Å². The van der Waals surface area contributed by atoms with Gasteiger partial charge in [0.15, 0.2) is 0 Å². The standard InChI is InChI=1S/C19H15Cl2N2O4/c1-19(12-6-4-3-5-7-12)17(25)23(13-8-9-14(20)15(21)10-13)18(26)22(19)11-16(24)27-2/h4-10H,11H2,1-2H3. The second-order valence-electron chi connectivity index (χ2n) is 6.04. The van der Waals surface area contributed by atoms with Crippen molar-refractivity contribution in [3.05, 3.63) is 64.1 Å². The molecule has 139 valence electrons. The number of rotatable bonds is 4. The zero-order chi connectivity index (χ0) is 19.8. The van der Waals surface area contributed by atoms with Crippen molar-refractivity contribution in [3.63, 3.8) is 0 Å². The van der Waals surface area contributed by atoms with Gasteiger partial charge in [-0.25, -0.2) is 9.69 Å². The largest absolute Gasteiger partial charge is 0.468 e. The van der Waals surface area contributed by atoms with E-state index in [1.807, 2.05) is 0 Å². The number of anilines is 1. The fourth-order valence-electron chi connectivity index (χ4n) is 2.99. The van der Waals surface area contributed by atoms with Crippen LogP contribution in [-0.2, 0) is 19.9 Å². The van der Waals surface area contributed by atoms with E-state index >= 15 is 0 Å². The number of halogens is 2. The van der Waals surface area contributed by atoms with Gasteiger partial charge in [0, 0.05) is 0 Å². The molecule has 1 aliphatic rings. The van der Waals surface area contributed by atoms with E-state index in [-0.39, 0.29) is 17.3 Å². The van der Waals surface area contributed by atoms with E-state index < -0.39 is 23.4 Å². The van der Waals surface area contributed by atoms with Gasteiger partial charge in [-0.15, -0.1) is 0 Å². The van der Waals surface area contributed by atoms with Crippen molar-refractivity contribution in [1.29, 1.82) is 0 Å². The second-order valence-corrected chi connectivity index (χ2v) is 6.86. The van der Waals surface area contributed by atoms with E-state index in [1.165, 1.54) is 30.2 Å². The molecule has 0 N–H and O–H groups in total. The number of imide groups is 1. The first kappa shape index (κ1) is 19.2. The Bertz CT molecular complexity index is 919. The summed E-state index contributed by atoms with van der Waals surface area (Å²) in [6, 6.07) is 13.3. The molecule has 2 aromatic rings. The van der Waals surface area contributed by atoms with Gasteiger partial charge in [0.25, 0.3) is 5.91 Å². The Morgan fingerprint density at radius 3 is 2.41 bits per heavy atom. The number of hydrogen-bond acceptors (Lipinski definition) is 4. The molecule has 3 rings (SSSR count). The SMILES string of the molecule is COC(=O)CN1C(=O)N(c2ccc(Cl)c(Cl)c2)C(=O)C1(C)c1cc[c]cc1. The lowest BCUT2D eigenvalue weighted by atomic mass is 9.90. The van der Waals surface area contributed by atoms with Crippen LogP contribution < -0.4 is 4.90 Å². The topological polar surface area (TPSA) is 66.9 Å². The number of hydrogen-bond donors (Lipinski definition) is 0. The minimum absolute atomic E-state index is 0.206. The van der Waals surface area contributed by atoms with E-state index in [0.717, 1.165) is 4.90 Å². The molecule has 27 heavy (non-hydrogen) atoms. The zero-order valence-electron chi connectivity index (χ0n) is 14.5. The first-order chi connectivity index (χ1) is 12.8. The molecule has 0 bridgehead atoms. The maximum atomic E-state index is 13.3. The Morgan fingerprint density at radius 2 is 1.81 bits per heavy atom. The van der Waals surface area contributed by atoms with Crippen LogP contribution in [0.1, 0.15) is 12.5 Å². The quantitative estimate of drug-likeness (QED) is 0.574. The van der Waals surface area contributed by atoms with E-state index in [2.05, 4.69) is 6.07 Å². The van der Waals surface area contributed by atoms with Crippen molar-refractivity contribution in [2.75, 3.05) is 18.6 Å². The molecule has 2 aromatic carbocycles. The average molecular weight is 406 g/mol. The number of ether oxygens (including phenoxy) is 1. The van der Waals surface area contributed by atoms with Gasteiger partial charge in [-0.2, -0.15) is 0 Å². The van der Waals surface area contributed by atoms with Crippen LogP contribution in [0.4, 0.5) is 10.5 Å². The normalized spacial score (nSPS) is 19.6. The van der Waals surface area contributed by atoms with Crippen molar-refractivity contribution < 1.29 is 19.1 Å². The predicted molar refractivity (Wildman–Crippen MR) is 101 cm³/mol. The minimum Gasteiger partial charge on any atom is -0.468 e. The van der Waals surface area contributed by atoms with E-state index in [4.69, 9.17) is 27.9 Å². The highest BCUT2D eigenvalue weighted by atomic mass is 35.5. The van der Waals surface area contributed by atoms with Gasteiger partial charge in [0.05, 0.1) is 22.8 Å². The summed E-state index contributed by atoms with van der Waals surface area (Å²) in [5.74, 6) is -1.15. The first-order valence-corrected chi connectivity index (χ1v) is 8.71. The smallest absolute Gasteiger partial charge is 0.333 e. The van der Waals surface area contributed by atoms with Crippen molar-refractivity contribution in [3.8, 4) is 0 Å². The van der Waals surface area contributed by atoms with E-state index in [9.17, 15) is 14.4 Å². The van der Waals surface area contributed by atoms with Gasteiger partial charge in [0.1, 0.15) is 12.1 Å². The van der Waals surface area contributed by atoms with Crippen LogP contribution in [0.3, 0.4) is 0 Å². The van der Waals surface area contributed by atoms with Gasteiger partial charge >= 0.3 is 12.0 Å². The van der Waals surface area contributed by atoms with E-state index in [0.29, 0.717) is 10.6 Å². The van der Waals surface area contributed by atoms with Gasteiger partial charge < -0.3 is 4.74 Å². The number of carbonyl (C=O) groups is 3. The summed E-state index contributed by atoms with van der Waals surface area (Å²) in [7, 11) is 1.22. The number of carbonyl (C=O) groups excluding carboxylic acids is 3. The highest BCUT2D eigenvalue weighted by Crippen LogP contribution is 2.40. The van der Waals surface area contributed by atoms with E-state index in [1.54, 1.807) is 31.2 Å². The number of esters is 1. The number of nitrogens with zero attached hydrogens (tertiary/aromatic N) is 2. The molecule has 1 atom stereocenters. The third-order valence-corrected chi connectivity index (χ3v) is 5.28. The second kappa shape index (κ2) is 7.21. The number of amides is 3. The summed E-state index contributed by atoms with van der Waals surface area (Å²) in [5.41, 5.74) is -0.585. The average Bonchev–Trinajstić information content (AvgIpc) is 2.86. The Labute approximate surface area is 166 Å². The van der Waals surface area contributed by atoms with Crippen molar-refractivity contribution >= 4 is 46.8 Å². The summed E-state index contributed by atoms with van der Waals surface area (Å²) in [6.45, 7) is 1.21. The molecule has 1 radical (unpaired) electrons. The number of benzene rings is 2. The molecule has 0 saturated carbocycles. The third-order valence-electron chi connectivity index (χ3n) is 4.54. The van der Waals surface area contributed by atoms with Crippen LogP contribution in [0, 0.1) is 6.07 Å². The van der Waals surface area contributed by atoms with Gasteiger partial charge in [-0.05, 0) is 36.8 Å². The Hall–Kier alpha value is -2.57. The molecule has 0 aliphatic carbocycles. The third kappa shape index (κ3) is 3.15. The Morgan fingerprint density at radius 1 is 1.15 bits per heavy atom. The van der Waals surface area contributed by atoms with Crippen molar-refractivity contribution in [2.45, 2.75) is 12.5 Å². The highest BCUT2D eigenvalue weighted by Gasteiger charge is 2.56. The van der Waals surface area contributed by atoms with Crippen molar-refractivity contribution in [2.24, 2.45) is 0 Å². The molecule has 1 unspecified atom stereocenters. The lowest BCUT2D eigenvalue weighted by Crippen LogP contribution is -2.46. The lowest BCUT2D eigenvalue weighted by molar-refractivity contribution is -0.142. The summed E-state index contributed by atoms with van der Waals surface area (Å²) < 4.78 is 4.69. The summed E-state index contributed by atoms with van der Waals surface area (Å²) in [6.07, 6.45) is 0. The molecule has 8 heteroatoms. The summed E-state index contributed by atoms with van der Waals surface area (Å²) in [4.78, 5) is 40.5. The molecule has 0 aromatic heterocycles. The Kier molecular flexibility index (Phi) is 5.13. The zero-order valence-corrected chi connectivity index (χ0v) is 16.0. The molecule has 3 amide bonds. The van der Waals surface area contributed by atoms with Crippen molar-refractivity contribution in [1.82, 2.24) is 4.90 Å². The molecule has 1 saturated heterocycles. The summed E-state index contributed by atoms with van der Waals surface area (Å²) in [5, 5.41) is 0.504. The number of urea groups is 1. The van der Waals surface area contributed by atoms with Crippen LogP contribution in [-0.4, -0.2) is 36.5 Å². The monoisotopic (exact) mass is 405 g/mol. The minimum atomic E-state index is -1.40. The molecular formula is C19H15Cl2N2O4. The van der Waals surface area contributed by atoms with Crippen LogP contribution in [0.15, 0.2) is 42.5 Å². The summed E-state index contributed by atoms with van der Waals surface area (Å²) >= 11 is 12.0. The molecule has 1 aliphatic heterocycles. The maximum Gasteiger partial charge on any atom is 0.333 e. The first-order valence-electron chi connectivity index (χ1n) is 7.95. The van der Waals surface area contributed by atoms with Gasteiger partial charge in [0.2, 0.25) is 0 Å². The fourth-order valence-corrected chi connectivity index (χ4v) is 3.29. The number of methoxy groups -OCH3 is 1. The van der Waals surface area contributed by atoms with Crippen LogP contribution in [0.5, 0.6) is 0 Å². The highest BCUT2D eigenvalue weighted by molar-refractivity contribution is 6.42. The molecule has 6 nitrogen and oxygen atoms in total. The fraction of sp³-hybridized carbons (Fsp3) is 0.211. The van der Waals surface area contributed by atoms with Crippen LogP contribution in [0.2, 0.25) is 10.0 Å². The van der Waals surface area contributed by atoms with Gasteiger partial charge in [-0.3, -0.25) is 14.5 Å². The molecule has 0 spiro atoms. The molecule has 1 heterocycles. The van der Waals surface area contributed by atoms with Crippen LogP contribution in [0.25, 0.3) is 0 Å². The predicted octanol–water partition coefficient (Wildman–Crippen LogP) is 3.65. The van der Waals surface area contributed by atoms with Gasteiger partial charge in [-0.1, -0.05) is 47.5 Å². The molecular weight excluding hydrogens is 391 g/mol. The Balaban J connectivity index is 2.13. The molecule has 1 fully saturated rings. The lowest BCUT2D eigenvalue weighted by Gasteiger charge is -2.31. The maximum absolute atomic E-state index is 13.3.